The topological polar surface area (TPSA) is 76.1 Å². The summed E-state index contributed by atoms with van der Waals surface area (Å²) in [5.74, 6) is 0.404. The number of nitrogens with one attached hydrogen (secondary N) is 2. The molecule has 1 aliphatic heterocycles. The van der Waals surface area contributed by atoms with Crippen molar-refractivity contribution < 1.29 is 9.53 Å². The van der Waals surface area contributed by atoms with Crippen molar-refractivity contribution in [1.82, 2.24) is 20.6 Å². The van der Waals surface area contributed by atoms with Gasteiger partial charge >= 0.3 is 0 Å². The Morgan fingerprint density at radius 2 is 2.35 bits per heavy atom. The smallest absolute Gasteiger partial charge is 0.253 e. The fourth-order valence-corrected chi connectivity index (χ4v) is 3.76. The number of pyridine rings is 1. The number of amides is 1. The largest absolute Gasteiger partial charge is 0.477 e. The standard InChI is InChI=1S/C19H26N4O2S/c1-3-15-11-26-17(23-15)10-22-18(24)14-5-6-16(21-9-14)25-13-19(2)7-4-8-20-12-19/h5-6,9,11,20H,3-4,7-8,10,12-13H2,1-2H3,(H,22,24)/t19-/m0/s1. The van der Waals surface area contributed by atoms with Gasteiger partial charge in [0.05, 0.1) is 24.4 Å². The highest BCUT2D eigenvalue weighted by Gasteiger charge is 2.27. The molecule has 1 aliphatic rings. The average molecular weight is 375 g/mol. The molecule has 0 aromatic carbocycles. The lowest BCUT2D eigenvalue weighted by Gasteiger charge is -2.33. The number of aryl methyl sites for hydroxylation is 1. The third kappa shape index (κ3) is 5.02. The number of hydrogen-bond donors (Lipinski definition) is 2. The molecule has 2 aromatic heterocycles. The number of nitrogens with zero attached hydrogens (tertiary/aromatic N) is 2. The normalized spacial score (nSPS) is 19.9. The third-order valence-corrected chi connectivity index (χ3v) is 5.51. The molecule has 1 fully saturated rings. The fourth-order valence-electron chi connectivity index (χ4n) is 2.94. The first kappa shape index (κ1) is 18.8. The van der Waals surface area contributed by atoms with Crippen LogP contribution in [0.3, 0.4) is 0 Å². The first-order valence-electron chi connectivity index (χ1n) is 9.09. The predicted octanol–water partition coefficient (Wildman–Crippen LogP) is 2.80. The molecule has 0 spiro atoms. The highest BCUT2D eigenvalue weighted by molar-refractivity contribution is 7.09. The molecule has 2 N–H and O–H groups in total. The number of ether oxygens (including phenoxy) is 1. The Morgan fingerprint density at radius 1 is 1.46 bits per heavy atom. The van der Waals surface area contributed by atoms with Crippen LogP contribution in [0.4, 0.5) is 0 Å². The van der Waals surface area contributed by atoms with E-state index in [0.29, 0.717) is 24.6 Å². The Labute approximate surface area is 158 Å². The lowest BCUT2D eigenvalue weighted by molar-refractivity contribution is 0.0950. The molecular formula is C19H26N4O2S. The van der Waals surface area contributed by atoms with E-state index in [1.807, 2.05) is 5.38 Å². The van der Waals surface area contributed by atoms with E-state index in [1.165, 1.54) is 6.42 Å². The zero-order valence-corrected chi connectivity index (χ0v) is 16.2. The number of hydrogen-bond acceptors (Lipinski definition) is 6. The monoisotopic (exact) mass is 374 g/mol. The summed E-state index contributed by atoms with van der Waals surface area (Å²) in [4.78, 5) is 21.0. The maximum absolute atomic E-state index is 12.2. The van der Waals surface area contributed by atoms with Gasteiger partial charge in [-0.25, -0.2) is 9.97 Å². The molecule has 6 nitrogen and oxygen atoms in total. The molecule has 7 heteroatoms. The second-order valence-corrected chi connectivity index (χ2v) is 7.98. The summed E-state index contributed by atoms with van der Waals surface area (Å²) in [5, 5.41) is 9.23. The number of carbonyl (C=O) groups is 1. The van der Waals surface area contributed by atoms with Crippen molar-refractivity contribution in [3.8, 4) is 5.88 Å². The molecule has 0 saturated carbocycles. The van der Waals surface area contributed by atoms with Gasteiger partial charge in [0.25, 0.3) is 5.91 Å². The molecule has 1 saturated heterocycles. The molecular weight excluding hydrogens is 348 g/mol. The van der Waals surface area contributed by atoms with E-state index in [1.54, 1.807) is 29.7 Å². The van der Waals surface area contributed by atoms with Gasteiger partial charge in [0, 0.05) is 29.6 Å². The van der Waals surface area contributed by atoms with Gasteiger partial charge in [-0.3, -0.25) is 4.79 Å². The number of aromatic nitrogens is 2. The number of piperidine rings is 1. The van der Waals surface area contributed by atoms with Gasteiger partial charge in [-0.05, 0) is 31.9 Å². The molecule has 1 amide bonds. The van der Waals surface area contributed by atoms with Crippen molar-refractivity contribution in [3.63, 3.8) is 0 Å². The second-order valence-electron chi connectivity index (χ2n) is 7.03. The lowest BCUT2D eigenvalue weighted by atomic mass is 9.84. The van der Waals surface area contributed by atoms with E-state index in [-0.39, 0.29) is 11.3 Å². The number of thiazole rings is 1. The van der Waals surface area contributed by atoms with Crippen LogP contribution in [0.15, 0.2) is 23.7 Å². The van der Waals surface area contributed by atoms with Crippen LogP contribution in [-0.2, 0) is 13.0 Å². The van der Waals surface area contributed by atoms with Crippen molar-refractivity contribution in [3.05, 3.63) is 40.0 Å². The third-order valence-electron chi connectivity index (χ3n) is 4.61. The molecule has 26 heavy (non-hydrogen) atoms. The zero-order valence-electron chi connectivity index (χ0n) is 15.4. The van der Waals surface area contributed by atoms with Gasteiger partial charge in [0.1, 0.15) is 5.01 Å². The van der Waals surface area contributed by atoms with Crippen LogP contribution in [0, 0.1) is 5.41 Å². The van der Waals surface area contributed by atoms with E-state index in [4.69, 9.17) is 4.74 Å². The van der Waals surface area contributed by atoms with Gasteiger partial charge in [-0.1, -0.05) is 13.8 Å². The molecule has 140 valence electrons. The average Bonchev–Trinajstić information content (AvgIpc) is 3.14. The van der Waals surface area contributed by atoms with Gasteiger partial charge in [0.15, 0.2) is 0 Å². The minimum absolute atomic E-state index is 0.140. The minimum atomic E-state index is -0.152. The van der Waals surface area contributed by atoms with Crippen molar-refractivity contribution in [2.45, 2.75) is 39.7 Å². The van der Waals surface area contributed by atoms with E-state index in [9.17, 15) is 4.79 Å². The maximum atomic E-state index is 12.2. The SMILES string of the molecule is CCc1csc(CNC(=O)c2ccc(OC[C@@]3(C)CCCNC3)nc2)n1. The molecule has 0 unspecified atom stereocenters. The quantitative estimate of drug-likeness (QED) is 0.779. The van der Waals surface area contributed by atoms with Gasteiger partial charge in [0.2, 0.25) is 5.88 Å². The van der Waals surface area contributed by atoms with Gasteiger partial charge in [-0.2, -0.15) is 0 Å². The second kappa shape index (κ2) is 8.60. The van der Waals surface area contributed by atoms with Crippen LogP contribution < -0.4 is 15.4 Å². The Morgan fingerprint density at radius 3 is 3.00 bits per heavy atom. The summed E-state index contributed by atoms with van der Waals surface area (Å²) >= 11 is 1.57. The first-order valence-corrected chi connectivity index (χ1v) is 9.97. The van der Waals surface area contributed by atoms with Crippen molar-refractivity contribution in [1.29, 1.82) is 0 Å². The van der Waals surface area contributed by atoms with Crippen LogP contribution in [0.5, 0.6) is 5.88 Å². The summed E-state index contributed by atoms with van der Waals surface area (Å²) < 4.78 is 5.84. The molecule has 3 heterocycles. The highest BCUT2D eigenvalue weighted by Crippen LogP contribution is 2.26. The molecule has 3 rings (SSSR count). The van der Waals surface area contributed by atoms with E-state index in [0.717, 1.165) is 36.6 Å². The number of carbonyl (C=O) groups excluding carboxylic acids is 1. The zero-order chi connectivity index (χ0) is 18.4. The van der Waals surface area contributed by atoms with Crippen LogP contribution in [0.25, 0.3) is 0 Å². The molecule has 1 atom stereocenters. The van der Waals surface area contributed by atoms with Crippen LogP contribution in [0.2, 0.25) is 0 Å². The van der Waals surface area contributed by atoms with Crippen LogP contribution in [-0.4, -0.2) is 35.6 Å². The fraction of sp³-hybridized carbons (Fsp3) is 0.526. The summed E-state index contributed by atoms with van der Waals surface area (Å²) in [7, 11) is 0. The Kier molecular flexibility index (Phi) is 6.21. The van der Waals surface area contributed by atoms with Crippen molar-refractivity contribution in [2.24, 2.45) is 5.41 Å². The summed E-state index contributed by atoms with van der Waals surface area (Å²) in [6, 6.07) is 3.51. The highest BCUT2D eigenvalue weighted by atomic mass is 32.1. The number of rotatable bonds is 7. The van der Waals surface area contributed by atoms with E-state index < -0.39 is 0 Å². The van der Waals surface area contributed by atoms with Gasteiger partial charge in [-0.15, -0.1) is 11.3 Å². The molecule has 0 bridgehead atoms. The Bertz CT molecular complexity index is 723. The first-order chi connectivity index (χ1) is 12.6. The van der Waals surface area contributed by atoms with Crippen molar-refractivity contribution in [2.75, 3.05) is 19.7 Å². The molecule has 0 aliphatic carbocycles. The lowest BCUT2D eigenvalue weighted by Crippen LogP contribution is -2.41. The van der Waals surface area contributed by atoms with Gasteiger partial charge < -0.3 is 15.4 Å². The van der Waals surface area contributed by atoms with Crippen molar-refractivity contribution >= 4 is 17.2 Å². The van der Waals surface area contributed by atoms with E-state index >= 15 is 0 Å². The maximum Gasteiger partial charge on any atom is 0.253 e. The van der Waals surface area contributed by atoms with Crippen LogP contribution in [0.1, 0.15) is 47.7 Å². The minimum Gasteiger partial charge on any atom is -0.477 e. The summed E-state index contributed by atoms with van der Waals surface area (Å²) in [6.45, 7) is 7.40. The van der Waals surface area contributed by atoms with E-state index in [2.05, 4.69) is 34.4 Å². The predicted molar refractivity (Wildman–Crippen MR) is 103 cm³/mol. The Hall–Kier alpha value is -1.99. The van der Waals surface area contributed by atoms with Crippen LogP contribution >= 0.6 is 11.3 Å². The summed E-state index contributed by atoms with van der Waals surface area (Å²) in [6.07, 6.45) is 4.79. The molecule has 0 radical (unpaired) electrons. The summed E-state index contributed by atoms with van der Waals surface area (Å²) in [5.41, 5.74) is 1.72. The molecule has 2 aromatic rings. The Balaban J connectivity index is 1.49.